The van der Waals surface area contributed by atoms with Crippen LogP contribution in [0.4, 0.5) is 22.0 Å². The third kappa shape index (κ3) is 4.06. The number of ether oxygens (including phenoxy) is 1. The largest absolute Gasteiger partial charge is 0.378 e. The first-order chi connectivity index (χ1) is 13.1. The van der Waals surface area contributed by atoms with Gasteiger partial charge in [-0.2, -0.15) is 4.98 Å². The van der Waals surface area contributed by atoms with Crippen molar-refractivity contribution >= 4 is 29.2 Å². The van der Waals surface area contributed by atoms with E-state index in [-0.39, 0.29) is 5.82 Å². The molecule has 0 saturated carbocycles. The molecule has 144 valence electrons. The zero-order valence-corrected chi connectivity index (χ0v) is 16.0. The molecule has 2 aliphatic heterocycles. The van der Waals surface area contributed by atoms with Gasteiger partial charge in [-0.1, -0.05) is 11.6 Å². The lowest BCUT2D eigenvalue weighted by molar-refractivity contribution is 0.122. The number of pyridine rings is 1. The quantitative estimate of drug-likeness (QED) is 0.793. The van der Waals surface area contributed by atoms with E-state index in [1.54, 1.807) is 0 Å². The van der Waals surface area contributed by atoms with Gasteiger partial charge >= 0.3 is 0 Å². The Bertz CT molecular complexity index is 808. The van der Waals surface area contributed by atoms with E-state index in [1.165, 1.54) is 12.3 Å². The van der Waals surface area contributed by atoms with Crippen molar-refractivity contribution in [3.63, 3.8) is 0 Å². The molecule has 2 aromatic rings. The van der Waals surface area contributed by atoms with E-state index in [1.807, 2.05) is 17.9 Å². The Hall–Kier alpha value is -2.19. The van der Waals surface area contributed by atoms with Crippen molar-refractivity contribution in [1.82, 2.24) is 15.0 Å². The van der Waals surface area contributed by atoms with E-state index >= 15 is 0 Å². The predicted octanol–water partition coefficient (Wildman–Crippen LogP) is 2.14. The molecular formula is C18H22ClFN6O. The van der Waals surface area contributed by atoms with Gasteiger partial charge in [0.05, 0.1) is 18.2 Å². The van der Waals surface area contributed by atoms with Crippen molar-refractivity contribution in [3.8, 4) is 0 Å². The third-order valence-corrected chi connectivity index (χ3v) is 5.02. The highest BCUT2D eigenvalue weighted by Crippen LogP contribution is 2.24. The normalized spacial score (nSPS) is 18.1. The predicted molar refractivity (Wildman–Crippen MR) is 103 cm³/mol. The molecule has 2 saturated heterocycles. The molecule has 0 atom stereocenters. The van der Waals surface area contributed by atoms with Gasteiger partial charge in [-0.25, -0.2) is 14.4 Å². The average Bonchev–Trinajstić information content (AvgIpc) is 2.68. The summed E-state index contributed by atoms with van der Waals surface area (Å²) in [6.07, 6.45) is 1.48. The molecule has 0 spiro atoms. The van der Waals surface area contributed by atoms with Gasteiger partial charge in [0, 0.05) is 57.2 Å². The van der Waals surface area contributed by atoms with E-state index < -0.39 is 0 Å². The standard InChI is InChI=1S/C18H22ClFN6O/c1-13-10-16(23-18(22-13)26-6-8-27-9-7-26)24-2-4-25(5-3-24)17-15(20)11-14(19)12-21-17/h10-12H,2-9H2,1H3. The summed E-state index contributed by atoms with van der Waals surface area (Å²) in [5, 5.41) is 0.307. The Morgan fingerprint density at radius 1 is 0.963 bits per heavy atom. The van der Waals surface area contributed by atoms with Crippen molar-refractivity contribution in [2.24, 2.45) is 0 Å². The average molecular weight is 393 g/mol. The summed E-state index contributed by atoms with van der Waals surface area (Å²) >= 11 is 5.80. The van der Waals surface area contributed by atoms with Gasteiger partial charge in [0.25, 0.3) is 0 Å². The molecule has 4 rings (SSSR count). The highest BCUT2D eigenvalue weighted by molar-refractivity contribution is 6.30. The maximum Gasteiger partial charge on any atom is 0.227 e. The van der Waals surface area contributed by atoms with Crippen LogP contribution < -0.4 is 14.7 Å². The number of nitrogens with zero attached hydrogens (tertiary/aromatic N) is 6. The molecule has 2 aliphatic rings. The summed E-state index contributed by atoms with van der Waals surface area (Å²) < 4.78 is 19.5. The maximum atomic E-state index is 14.1. The SMILES string of the molecule is Cc1cc(N2CCN(c3ncc(Cl)cc3F)CC2)nc(N2CCOCC2)n1. The molecule has 2 aromatic heterocycles. The van der Waals surface area contributed by atoms with E-state index in [4.69, 9.17) is 21.3 Å². The van der Waals surface area contributed by atoms with Gasteiger partial charge in [0.1, 0.15) is 5.82 Å². The summed E-state index contributed by atoms with van der Waals surface area (Å²) in [4.78, 5) is 19.8. The zero-order chi connectivity index (χ0) is 18.8. The number of halogens is 2. The minimum Gasteiger partial charge on any atom is -0.378 e. The number of anilines is 3. The van der Waals surface area contributed by atoms with Crippen LogP contribution in [0.5, 0.6) is 0 Å². The number of aryl methyl sites for hydroxylation is 1. The number of aromatic nitrogens is 3. The second-order valence-electron chi connectivity index (χ2n) is 6.70. The molecule has 0 bridgehead atoms. The van der Waals surface area contributed by atoms with E-state index in [0.717, 1.165) is 43.6 Å². The van der Waals surface area contributed by atoms with Crippen LogP contribution in [0.1, 0.15) is 5.69 Å². The van der Waals surface area contributed by atoms with Crippen molar-refractivity contribution < 1.29 is 9.13 Å². The Balaban J connectivity index is 1.47. The van der Waals surface area contributed by atoms with Gasteiger partial charge in [-0.15, -0.1) is 0 Å². The molecule has 0 unspecified atom stereocenters. The smallest absolute Gasteiger partial charge is 0.227 e. The van der Waals surface area contributed by atoms with Crippen LogP contribution in [-0.2, 0) is 4.74 Å². The van der Waals surface area contributed by atoms with Gasteiger partial charge in [-0.3, -0.25) is 0 Å². The van der Waals surface area contributed by atoms with Gasteiger partial charge in [0.2, 0.25) is 5.95 Å². The number of morpholine rings is 1. The molecule has 0 aliphatic carbocycles. The van der Waals surface area contributed by atoms with Crippen LogP contribution in [0.15, 0.2) is 18.3 Å². The highest BCUT2D eigenvalue weighted by atomic mass is 35.5. The summed E-state index contributed by atoms with van der Waals surface area (Å²) in [7, 11) is 0. The Morgan fingerprint density at radius 2 is 1.67 bits per heavy atom. The molecule has 0 N–H and O–H groups in total. The van der Waals surface area contributed by atoms with Gasteiger partial charge < -0.3 is 19.4 Å². The topological polar surface area (TPSA) is 57.6 Å². The zero-order valence-electron chi connectivity index (χ0n) is 15.2. The summed E-state index contributed by atoms with van der Waals surface area (Å²) in [6, 6.07) is 3.30. The molecule has 2 fully saturated rings. The number of hydrogen-bond donors (Lipinski definition) is 0. The Kier molecular flexibility index (Phi) is 5.27. The van der Waals surface area contributed by atoms with Gasteiger partial charge in [0.15, 0.2) is 11.6 Å². The van der Waals surface area contributed by atoms with Crippen LogP contribution in [0.25, 0.3) is 0 Å². The van der Waals surface area contributed by atoms with Crippen molar-refractivity contribution in [2.75, 3.05) is 67.2 Å². The number of rotatable bonds is 3. The van der Waals surface area contributed by atoms with Crippen LogP contribution in [0.3, 0.4) is 0 Å². The van der Waals surface area contributed by atoms with Crippen molar-refractivity contribution in [1.29, 1.82) is 0 Å². The first-order valence-corrected chi connectivity index (χ1v) is 9.47. The lowest BCUT2D eigenvalue weighted by Gasteiger charge is -2.36. The fourth-order valence-electron chi connectivity index (χ4n) is 3.39. The van der Waals surface area contributed by atoms with Crippen LogP contribution in [0, 0.1) is 12.7 Å². The first kappa shape index (κ1) is 18.2. The summed E-state index contributed by atoms with van der Waals surface area (Å²) in [5.41, 5.74) is 0.939. The van der Waals surface area contributed by atoms with Crippen LogP contribution >= 0.6 is 11.6 Å². The lowest BCUT2D eigenvalue weighted by atomic mass is 10.3. The Labute approximate surface area is 162 Å². The second-order valence-corrected chi connectivity index (χ2v) is 7.14. The Morgan fingerprint density at radius 3 is 2.37 bits per heavy atom. The number of hydrogen-bond acceptors (Lipinski definition) is 7. The minimum atomic E-state index is -0.386. The summed E-state index contributed by atoms with van der Waals surface area (Å²) in [6.45, 7) is 7.80. The molecule has 0 amide bonds. The lowest BCUT2D eigenvalue weighted by Crippen LogP contribution is -2.47. The molecule has 4 heterocycles. The minimum absolute atomic E-state index is 0.307. The first-order valence-electron chi connectivity index (χ1n) is 9.09. The fourth-order valence-corrected chi connectivity index (χ4v) is 3.54. The second kappa shape index (κ2) is 7.82. The molecule has 9 heteroatoms. The van der Waals surface area contributed by atoms with Crippen molar-refractivity contribution in [3.05, 3.63) is 34.9 Å². The van der Waals surface area contributed by atoms with E-state index in [0.29, 0.717) is 37.1 Å². The molecular weight excluding hydrogens is 371 g/mol. The van der Waals surface area contributed by atoms with Crippen LogP contribution in [-0.4, -0.2) is 67.4 Å². The monoisotopic (exact) mass is 392 g/mol. The molecule has 27 heavy (non-hydrogen) atoms. The van der Waals surface area contributed by atoms with Gasteiger partial charge in [-0.05, 0) is 13.0 Å². The fraction of sp³-hybridized carbons (Fsp3) is 0.500. The molecule has 7 nitrogen and oxygen atoms in total. The molecule has 0 radical (unpaired) electrons. The van der Waals surface area contributed by atoms with Crippen molar-refractivity contribution in [2.45, 2.75) is 6.92 Å². The highest BCUT2D eigenvalue weighted by Gasteiger charge is 2.23. The molecule has 0 aromatic carbocycles. The third-order valence-electron chi connectivity index (χ3n) is 4.81. The number of piperazine rings is 1. The summed E-state index contributed by atoms with van der Waals surface area (Å²) in [5.74, 6) is 1.63. The van der Waals surface area contributed by atoms with E-state index in [9.17, 15) is 4.39 Å². The van der Waals surface area contributed by atoms with E-state index in [2.05, 4.69) is 19.8 Å². The maximum absolute atomic E-state index is 14.1. The van der Waals surface area contributed by atoms with Crippen LogP contribution in [0.2, 0.25) is 5.02 Å².